The highest BCUT2D eigenvalue weighted by Gasteiger charge is 2.23. The van der Waals surface area contributed by atoms with Crippen molar-refractivity contribution in [3.8, 4) is 22.6 Å². The number of nitrogens with one attached hydrogen (secondary N) is 1. The summed E-state index contributed by atoms with van der Waals surface area (Å²) in [5, 5.41) is 4.43. The summed E-state index contributed by atoms with van der Waals surface area (Å²) in [6.45, 7) is 8.73. The molecule has 0 spiro atoms. The lowest BCUT2D eigenvalue weighted by atomic mass is 10.0. The maximum atomic E-state index is 14.1. The second-order valence-electron chi connectivity index (χ2n) is 9.57. The van der Waals surface area contributed by atoms with Crippen LogP contribution in [0.4, 0.5) is 5.82 Å². The Hall–Kier alpha value is -3.31. The lowest BCUT2D eigenvalue weighted by Gasteiger charge is -2.34. The van der Waals surface area contributed by atoms with Crippen LogP contribution in [0.15, 0.2) is 41.8 Å². The Labute approximate surface area is 249 Å². The van der Waals surface area contributed by atoms with E-state index in [1.54, 1.807) is 34.9 Å². The van der Waals surface area contributed by atoms with Crippen molar-refractivity contribution in [3.63, 3.8) is 0 Å². The van der Waals surface area contributed by atoms with Gasteiger partial charge in [0.25, 0.3) is 5.56 Å². The van der Waals surface area contributed by atoms with E-state index in [1.165, 1.54) is 20.3 Å². The molecule has 3 heterocycles. The van der Waals surface area contributed by atoms with Crippen molar-refractivity contribution in [1.82, 2.24) is 19.4 Å². The number of amides is 1. The summed E-state index contributed by atoms with van der Waals surface area (Å²) in [7, 11) is 4.62. The van der Waals surface area contributed by atoms with Gasteiger partial charge in [0.05, 0.1) is 42.0 Å². The molecule has 1 fully saturated rings. The van der Waals surface area contributed by atoms with Gasteiger partial charge in [0.2, 0.25) is 5.91 Å². The minimum atomic E-state index is -0.243. The number of aromatic nitrogens is 2. The molecule has 1 amide bonds. The summed E-state index contributed by atoms with van der Waals surface area (Å²) >= 11 is 13.4. The maximum Gasteiger partial charge on any atom is 0.259 e. The summed E-state index contributed by atoms with van der Waals surface area (Å²) in [6.07, 6.45) is 3.79. The van der Waals surface area contributed by atoms with E-state index in [4.69, 9.17) is 37.4 Å². The quantitative estimate of drug-likeness (QED) is 0.243. The van der Waals surface area contributed by atoms with Crippen LogP contribution in [0.5, 0.6) is 11.5 Å². The van der Waals surface area contributed by atoms with Crippen molar-refractivity contribution in [2.24, 2.45) is 0 Å². The van der Waals surface area contributed by atoms with Gasteiger partial charge in [0.15, 0.2) is 0 Å². The number of anilines is 1. The van der Waals surface area contributed by atoms with E-state index in [-0.39, 0.29) is 21.5 Å². The molecule has 2 aromatic heterocycles. The standard InChI is InChI=1S/C29H35Cl2N5O5/c1-5-25(37)35-12-10-34(11-13-35)8-6-9-36-21-16-24(32-7-14-39-2)33-18-19(21)15-20(29(36)38)26-27(30)22(40-3)17-23(41-4)28(26)31/h5,15-18H,1,6-14H2,2-4H3,(H,32,33). The number of carbonyl (C=O) groups is 1. The third kappa shape index (κ3) is 6.78. The molecule has 41 heavy (non-hydrogen) atoms. The normalized spacial score (nSPS) is 13.8. The smallest absolute Gasteiger partial charge is 0.259 e. The van der Waals surface area contributed by atoms with Crippen LogP contribution >= 0.6 is 23.2 Å². The van der Waals surface area contributed by atoms with Crippen molar-refractivity contribution < 1.29 is 19.0 Å². The van der Waals surface area contributed by atoms with E-state index in [9.17, 15) is 9.59 Å². The Bertz CT molecular complexity index is 1440. The highest BCUT2D eigenvalue weighted by atomic mass is 35.5. The zero-order valence-electron chi connectivity index (χ0n) is 23.5. The number of pyridine rings is 2. The highest BCUT2D eigenvalue weighted by Crippen LogP contribution is 2.45. The molecule has 3 aromatic rings. The number of benzene rings is 1. The van der Waals surface area contributed by atoms with Gasteiger partial charge >= 0.3 is 0 Å². The van der Waals surface area contributed by atoms with Crippen LogP contribution in [0.1, 0.15) is 6.42 Å². The molecule has 1 N–H and O–H groups in total. The first-order chi connectivity index (χ1) is 19.8. The van der Waals surface area contributed by atoms with Gasteiger partial charge in [-0.3, -0.25) is 14.5 Å². The lowest BCUT2D eigenvalue weighted by molar-refractivity contribution is -0.127. The second kappa shape index (κ2) is 14.0. The first kappa shape index (κ1) is 30.6. The lowest BCUT2D eigenvalue weighted by Crippen LogP contribution is -2.48. The number of rotatable bonds is 12. The average molecular weight is 605 g/mol. The number of hydrogen-bond donors (Lipinski definition) is 1. The van der Waals surface area contributed by atoms with Crippen LogP contribution in [-0.4, -0.2) is 92.5 Å². The third-order valence-corrected chi connectivity index (χ3v) is 7.90. The number of halogens is 2. The van der Waals surface area contributed by atoms with Gasteiger partial charge in [-0.2, -0.15) is 0 Å². The molecule has 0 radical (unpaired) electrons. The SMILES string of the molecule is C=CC(=O)N1CCN(CCCn2c(=O)c(-c3c(Cl)c(OC)cc(OC)c3Cl)cc3cnc(NCCOC)cc32)CC1. The number of hydrogen-bond acceptors (Lipinski definition) is 8. The minimum absolute atomic E-state index is 0.0468. The number of methoxy groups -OCH3 is 3. The van der Waals surface area contributed by atoms with Crippen molar-refractivity contribution in [2.45, 2.75) is 13.0 Å². The first-order valence-corrected chi connectivity index (χ1v) is 14.1. The zero-order valence-corrected chi connectivity index (χ0v) is 25.1. The van der Waals surface area contributed by atoms with Crippen molar-refractivity contribution in [3.05, 3.63) is 57.4 Å². The number of piperazine rings is 1. The number of aryl methyl sites for hydroxylation is 1. The van der Waals surface area contributed by atoms with E-state index in [2.05, 4.69) is 21.8 Å². The summed E-state index contributed by atoms with van der Waals surface area (Å²) in [6, 6.07) is 5.21. The van der Waals surface area contributed by atoms with Gasteiger partial charge in [-0.05, 0) is 25.1 Å². The first-order valence-electron chi connectivity index (χ1n) is 13.3. The molecule has 0 atom stereocenters. The Morgan fingerprint density at radius 1 is 1.05 bits per heavy atom. The molecule has 0 saturated carbocycles. The summed E-state index contributed by atoms with van der Waals surface area (Å²) in [4.78, 5) is 34.7. The molecule has 12 heteroatoms. The Morgan fingerprint density at radius 2 is 1.73 bits per heavy atom. The van der Waals surface area contributed by atoms with Crippen molar-refractivity contribution in [1.29, 1.82) is 0 Å². The van der Waals surface area contributed by atoms with Gasteiger partial charge < -0.3 is 29.0 Å². The van der Waals surface area contributed by atoms with Crippen molar-refractivity contribution >= 4 is 45.8 Å². The Morgan fingerprint density at radius 3 is 2.34 bits per heavy atom. The fourth-order valence-electron chi connectivity index (χ4n) is 4.95. The average Bonchev–Trinajstić information content (AvgIpc) is 2.99. The number of nitrogens with zero attached hydrogens (tertiary/aromatic N) is 4. The number of ether oxygens (including phenoxy) is 3. The molecule has 1 saturated heterocycles. The van der Waals surface area contributed by atoms with Crippen LogP contribution in [0.3, 0.4) is 0 Å². The predicted molar refractivity (Wildman–Crippen MR) is 163 cm³/mol. The topological polar surface area (TPSA) is 98.2 Å². The third-order valence-electron chi connectivity index (χ3n) is 7.15. The highest BCUT2D eigenvalue weighted by molar-refractivity contribution is 6.41. The zero-order chi connectivity index (χ0) is 29.5. The summed E-state index contributed by atoms with van der Waals surface area (Å²) in [5.74, 6) is 1.28. The van der Waals surface area contributed by atoms with E-state index in [0.717, 1.165) is 30.5 Å². The maximum absolute atomic E-state index is 14.1. The molecule has 0 aliphatic carbocycles. The molecule has 1 aliphatic rings. The van der Waals surface area contributed by atoms with E-state index in [1.807, 2.05) is 6.07 Å². The molecule has 220 valence electrons. The molecule has 4 rings (SSSR count). The van der Waals surface area contributed by atoms with Gasteiger partial charge in [0, 0.05) is 75.7 Å². The molecule has 0 unspecified atom stereocenters. The van der Waals surface area contributed by atoms with Crippen LogP contribution < -0.4 is 20.3 Å². The monoisotopic (exact) mass is 603 g/mol. The van der Waals surface area contributed by atoms with Gasteiger partial charge in [-0.15, -0.1) is 0 Å². The predicted octanol–water partition coefficient (Wildman–Crippen LogP) is 4.17. The number of fused-ring (bicyclic) bond motifs is 1. The molecular weight excluding hydrogens is 569 g/mol. The van der Waals surface area contributed by atoms with E-state index < -0.39 is 0 Å². The van der Waals surface area contributed by atoms with Gasteiger partial charge in [-0.1, -0.05) is 29.8 Å². The molecule has 1 aliphatic heterocycles. The van der Waals surface area contributed by atoms with Crippen LogP contribution in [0.25, 0.3) is 22.0 Å². The van der Waals surface area contributed by atoms with E-state index in [0.29, 0.717) is 67.7 Å². The van der Waals surface area contributed by atoms with Gasteiger partial charge in [0.1, 0.15) is 17.3 Å². The summed E-state index contributed by atoms with van der Waals surface area (Å²) in [5.41, 5.74) is 1.16. The second-order valence-corrected chi connectivity index (χ2v) is 10.3. The minimum Gasteiger partial charge on any atom is -0.495 e. The van der Waals surface area contributed by atoms with Crippen LogP contribution in [-0.2, 0) is 16.1 Å². The molecule has 10 nitrogen and oxygen atoms in total. The summed E-state index contributed by atoms with van der Waals surface area (Å²) < 4.78 is 17.8. The van der Waals surface area contributed by atoms with Crippen molar-refractivity contribution in [2.75, 3.05) is 72.5 Å². The molecular formula is C29H35Cl2N5O5. The van der Waals surface area contributed by atoms with Crippen LogP contribution in [0, 0.1) is 0 Å². The molecule has 0 bridgehead atoms. The van der Waals surface area contributed by atoms with Crippen LogP contribution in [0.2, 0.25) is 10.0 Å². The largest absolute Gasteiger partial charge is 0.495 e. The number of carbonyl (C=O) groups excluding carboxylic acids is 1. The van der Waals surface area contributed by atoms with Gasteiger partial charge in [-0.25, -0.2) is 4.98 Å². The fourth-order valence-corrected chi connectivity index (χ4v) is 5.65. The Kier molecular flexibility index (Phi) is 10.5. The fraction of sp³-hybridized carbons (Fsp3) is 0.414. The van der Waals surface area contributed by atoms with E-state index >= 15 is 0 Å². The molecule has 1 aromatic carbocycles. The Balaban J connectivity index is 1.71.